The Morgan fingerprint density at radius 3 is 1.67 bits per heavy atom. The molecule has 2 aromatic carbocycles. The van der Waals surface area contributed by atoms with E-state index in [2.05, 4.69) is 55.5 Å². The van der Waals surface area contributed by atoms with Crippen molar-refractivity contribution < 1.29 is 10.2 Å². The fourth-order valence-corrected chi connectivity index (χ4v) is 3.24. The van der Waals surface area contributed by atoms with Gasteiger partial charge >= 0.3 is 0 Å². The fourth-order valence-electron chi connectivity index (χ4n) is 3.24. The van der Waals surface area contributed by atoms with Crippen LogP contribution in [0.3, 0.4) is 0 Å². The van der Waals surface area contributed by atoms with Crippen LogP contribution in [0.25, 0.3) is 0 Å². The highest BCUT2D eigenvalue weighted by atomic mass is 16.3. The van der Waals surface area contributed by atoms with Crippen molar-refractivity contribution in [1.29, 1.82) is 0 Å². The molecule has 0 aliphatic heterocycles. The highest BCUT2D eigenvalue weighted by Gasteiger charge is 2.22. The first kappa shape index (κ1) is 21.6. The van der Waals surface area contributed by atoms with Crippen molar-refractivity contribution in [1.82, 2.24) is 0 Å². The monoisotopic (exact) mass is 369 g/mol. The number of hydrogen-bond acceptors (Lipinski definition) is 3. The predicted octanol–water partition coefficient (Wildman–Crippen LogP) is 4.01. The van der Waals surface area contributed by atoms with Gasteiger partial charge in [0.05, 0.1) is 18.8 Å². The van der Waals surface area contributed by atoms with E-state index in [-0.39, 0.29) is 13.2 Å². The van der Waals surface area contributed by atoms with E-state index in [0.717, 1.165) is 12.8 Å². The fraction of sp³-hybridized carbons (Fsp3) is 0.500. The summed E-state index contributed by atoms with van der Waals surface area (Å²) in [5.41, 5.74) is 10.3. The summed E-state index contributed by atoms with van der Waals surface area (Å²) in [7, 11) is 0. The van der Waals surface area contributed by atoms with Crippen molar-refractivity contribution in [2.45, 2.75) is 63.8 Å². The molecule has 148 valence electrons. The Labute approximate surface area is 164 Å². The van der Waals surface area contributed by atoms with E-state index in [1.807, 2.05) is 0 Å². The number of aliphatic hydroxyl groups is 2. The molecule has 0 bridgehead atoms. The number of aryl methyl sites for hydroxylation is 2. The highest BCUT2D eigenvalue weighted by Crippen LogP contribution is 2.16. The lowest BCUT2D eigenvalue weighted by Gasteiger charge is -2.24. The molecule has 0 amide bonds. The van der Waals surface area contributed by atoms with Crippen LogP contribution in [0.1, 0.15) is 61.3 Å². The molecule has 4 N–H and O–H groups in total. The molecule has 0 aromatic heterocycles. The van der Waals surface area contributed by atoms with Gasteiger partial charge in [-0.25, -0.2) is 0 Å². The van der Waals surface area contributed by atoms with Crippen molar-refractivity contribution >= 4 is 0 Å². The summed E-state index contributed by atoms with van der Waals surface area (Å²) >= 11 is 0. The van der Waals surface area contributed by atoms with Gasteiger partial charge in [-0.3, -0.25) is 0 Å². The molecule has 0 radical (unpaired) electrons. The molecule has 3 heteroatoms. The normalized spacial score (nSPS) is 11.7. The van der Waals surface area contributed by atoms with Gasteiger partial charge in [-0.1, -0.05) is 74.7 Å². The van der Waals surface area contributed by atoms with E-state index in [1.165, 1.54) is 54.4 Å². The van der Waals surface area contributed by atoms with Crippen molar-refractivity contribution in [2.24, 2.45) is 5.73 Å². The Kier molecular flexibility index (Phi) is 8.99. The maximum atomic E-state index is 9.28. The quantitative estimate of drug-likeness (QED) is 0.495. The molecule has 0 spiro atoms. The van der Waals surface area contributed by atoms with Crippen LogP contribution in [-0.4, -0.2) is 29.0 Å². The minimum absolute atomic E-state index is 0.198. The Balaban J connectivity index is 1.83. The third kappa shape index (κ3) is 7.45. The molecule has 27 heavy (non-hydrogen) atoms. The summed E-state index contributed by atoms with van der Waals surface area (Å²) in [5, 5.41) is 18.6. The van der Waals surface area contributed by atoms with Gasteiger partial charge < -0.3 is 15.9 Å². The number of aliphatic hydroxyl groups excluding tert-OH is 2. The van der Waals surface area contributed by atoms with Gasteiger partial charge in [-0.15, -0.1) is 0 Å². The molecule has 0 heterocycles. The first-order valence-corrected chi connectivity index (χ1v) is 10.2. The molecule has 0 aliphatic carbocycles. The third-order valence-corrected chi connectivity index (χ3v) is 5.31. The molecular weight excluding hydrogens is 334 g/mol. The maximum Gasteiger partial charge on any atom is 0.0633 e. The lowest BCUT2D eigenvalue weighted by molar-refractivity contribution is 0.115. The van der Waals surface area contributed by atoms with Crippen molar-refractivity contribution in [3.05, 3.63) is 70.8 Å². The molecular formula is C24H35NO2. The zero-order valence-electron chi connectivity index (χ0n) is 16.7. The van der Waals surface area contributed by atoms with Gasteiger partial charge in [0, 0.05) is 0 Å². The summed E-state index contributed by atoms with van der Waals surface area (Å²) in [6.45, 7) is 1.85. The van der Waals surface area contributed by atoms with Gasteiger partial charge in [0.1, 0.15) is 0 Å². The zero-order chi connectivity index (χ0) is 19.5. The van der Waals surface area contributed by atoms with Gasteiger partial charge in [0.25, 0.3) is 0 Å². The van der Waals surface area contributed by atoms with Crippen LogP contribution >= 0.6 is 0 Å². The smallest absolute Gasteiger partial charge is 0.0633 e. The van der Waals surface area contributed by atoms with Crippen molar-refractivity contribution in [2.75, 3.05) is 13.2 Å². The molecule has 0 unspecified atom stereocenters. The maximum absolute atomic E-state index is 9.28. The van der Waals surface area contributed by atoms with Crippen LogP contribution in [0.15, 0.2) is 48.5 Å². The minimum Gasteiger partial charge on any atom is -0.394 e. The van der Waals surface area contributed by atoms with Crippen molar-refractivity contribution in [3.63, 3.8) is 0 Å². The van der Waals surface area contributed by atoms with E-state index in [0.29, 0.717) is 6.42 Å². The number of nitrogens with two attached hydrogens (primary N) is 1. The standard InChI is InChI=1S/C24H35NO2/c1-2-3-4-5-6-20-7-11-22(12-8-20)17-23-13-9-21(10-14-23)15-16-24(25,18-26)19-27/h7-14,26-27H,2-6,15-19,25H2,1H3. The molecule has 0 aliphatic rings. The minimum atomic E-state index is -0.892. The Morgan fingerprint density at radius 2 is 1.19 bits per heavy atom. The molecule has 0 atom stereocenters. The summed E-state index contributed by atoms with van der Waals surface area (Å²) in [4.78, 5) is 0. The van der Waals surface area contributed by atoms with E-state index >= 15 is 0 Å². The number of rotatable bonds is 12. The lowest BCUT2D eigenvalue weighted by atomic mass is 9.93. The average Bonchev–Trinajstić information content (AvgIpc) is 2.71. The van der Waals surface area contributed by atoms with Gasteiger partial charge in [0.15, 0.2) is 0 Å². The second kappa shape index (κ2) is 11.2. The molecule has 2 aromatic rings. The summed E-state index contributed by atoms with van der Waals surface area (Å²) in [6, 6.07) is 17.6. The molecule has 0 saturated heterocycles. The molecule has 0 saturated carbocycles. The van der Waals surface area contributed by atoms with E-state index in [1.54, 1.807) is 0 Å². The Morgan fingerprint density at radius 1 is 0.704 bits per heavy atom. The Bertz CT molecular complexity index is 645. The van der Waals surface area contributed by atoms with Gasteiger partial charge in [-0.05, 0) is 54.4 Å². The Hall–Kier alpha value is -1.68. The summed E-state index contributed by atoms with van der Waals surface area (Å²) in [6.07, 6.45) is 8.67. The summed E-state index contributed by atoms with van der Waals surface area (Å²) < 4.78 is 0. The van der Waals surface area contributed by atoms with Crippen LogP contribution in [-0.2, 0) is 19.3 Å². The largest absolute Gasteiger partial charge is 0.394 e. The van der Waals surface area contributed by atoms with E-state index < -0.39 is 5.54 Å². The van der Waals surface area contributed by atoms with Gasteiger partial charge in [0.2, 0.25) is 0 Å². The van der Waals surface area contributed by atoms with Crippen LogP contribution < -0.4 is 5.73 Å². The SMILES string of the molecule is CCCCCCc1ccc(Cc2ccc(CCC(N)(CO)CO)cc2)cc1. The first-order chi connectivity index (χ1) is 13.1. The second-order valence-electron chi connectivity index (χ2n) is 7.80. The third-order valence-electron chi connectivity index (χ3n) is 5.31. The second-order valence-corrected chi connectivity index (χ2v) is 7.80. The zero-order valence-corrected chi connectivity index (χ0v) is 16.7. The predicted molar refractivity (Wildman–Crippen MR) is 113 cm³/mol. The van der Waals surface area contributed by atoms with Crippen LogP contribution in [0, 0.1) is 0 Å². The highest BCUT2D eigenvalue weighted by molar-refractivity contribution is 5.30. The van der Waals surface area contributed by atoms with Gasteiger partial charge in [-0.2, -0.15) is 0 Å². The van der Waals surface area contributed by atoms with Crippen LogP contribution in [0.5, 0.6) is 0 Å². The van der Waals surface area contributed by atoms with Crippen LogP contribution in [0.2, 0.25) is 0 Å². The average molecular weight is 370 g/mol. The first-order valence-electron chi connectivity index (χ1n) is 10.2. The topological polar surface area (TPSA) is 66.5 Å². The number of benzene rings is 2. The summed E-state index contributed by atoms with van der Waals surface area (Å²) in [5.74, 6) is 0. The van der Waals surface area contributed by atoms with Crippen LogP contribution in [0.4, 0.5) is 0 Å². The molecule has 0 fully saturated rings. The molecule has 2 rings (SSSR count). The lowest BCUT2D eigenvalue weighted by Crippen LogP contribution is -2.47. The number of unbranched alkanes of at least 4 members (excludes halogenated alkanes) is 3. The van der Waals surface area contributed by atoms with E-state index in [4.69, 9.17) is 5.73 Å². The van der Waals surface area contributed by atoms with Crippen molar-refractivity contribution in [3.8, 4) is 0 Å². The number of hydrogen-bond donors (Lipinski definition) is 3. The van der Waals surface area contributed by atoms with E-state index in [9.17, 15) is 10.2 Å². The molecule has 3 nitrogen and oxygen atoms in total.